The molecular weight excluding hydrogens is 298 g/mol. The Morgan fingerprint density at radius 1 is 1.21 bits per heavy atom. The molecule has 1 atom stereocenters. The summed E-state index contributed by atoms with van der Waals surface area (Å²) in [7, 11) is 0. The average Bonchev–Trinajstić information content (AvgIpc) is 2.86. The fourth-order valence-corrected chi connectivity index (χ4v) is 3.70. The molecule has 1 aliphatic rings. The second kappa shape index (κ2) is 7.49. The van der Waals surface area contributed by atoms with E-state index in [0.29, 0.717) is 12.6 Å². The lowest BCUT2D eigenvalue weighted by Crippen LogP contribution is -2.19. The summed E-state index contributed by atoms with van der Waals surface area (Å²) in [5.41, 5.74) is 7.88. The van der Waals surface area contributed by atoms with Gasteiger partial charge in [-0.3, -0.25) is 4.68 Å². The van der Waals surface area contributed by atoms with Crippen LogP contribution in [-0.4, -0.2) is 21.5 Å². The molecule has 0 spiro atoms. The summed E-state index contributed by atoms with van der Waals surface area (Å²) in [6, 6.07) is 7.30. The zero-order valence-corrected chi connectivity index (χ0v) is 15.1. The molecule has 3 rings (SSSR count). The molecule has 1 aromatic heterocycles. The molecule has 0 unspecified atom stereocenters. The Morgan fingerprint density at radius 2 is 1.96 bits per heavy atom. The maximum atomic E-state index is 9.13. The van der Waals surface area contributed by atoms with E-state index < -0.39 is 0 Å². The van der Waals surface area contributed by atoms with E-state index in [2.05, 4.69) is 42.5 Å². The van der Waals surface area contributed by atoms with Crippen LogP contribution in [-0.2, 0) is 25.9 Å². The Kier molecular flexibility index (Phi) is 5.36. The van der Waals surface area contributed by atoms with Crippen molar-refractivity contribution in [2.45, 2.75) is 65.6 Å². The van der Waals surface area contributed by atoms with Crippen molar-refractivity contribution in [3.8, 4) is 0 Å². The van der Waals surface area contributed by atoms with Crippen LogP contribution in [0.4, 0.5) is 0 Å². The van der Waals surface area contributed by atoms with Gasteiger partial charge < -0.3 is 10.4 Å². The normalized spacial score (nSPS) is 15.3. The Balaban J connectivity index is 1.68. The minimum absolute atomic E-state index is 0.125. The molecular formula is C20H29N3O. The number of hydrogen-bond donors (Lipinski definition) is 2. The van der Waals surface area contributed by atoms with E-state index in [1.54, 1.807) is 0 Å². The molecule has 0 saturated carbocycles. The molecule has 0 fully saturated rings. The summed E-state index contributed by atoms with van der Waals surface area (Å²) >= 11 is 0. The lowest BCUT2D eigenvalue weighted by molar-refractivity contribution is 0.267. The van der Waals surface area contributed by atoms with Crippen LogP contribution < -0.4 is 5.32 Å². The third-order valence-corrected chi connectivity index (χ3v) is 5.30. The Morgan fingerprint density at radius 3 is 2.71 bits per heavy atom. The number of aliphatic hydroxyl groups is 1. The smallest absolute Gasteiger partial charge is 0.0644 e. The fraction of sp³-hybridized carbons (Fsp3) is 0.550. The second-order valence-electron chi connectivity index (χ2n) is 6.93. The number of fused-ring (bicyclic) bond motifs is 1. The highest BCUT2D eigenvalue weighted by Gasteiger charge is 2.15. The molecule has 2 N–H and O–H groups in total. The number of nitrogens with zero attached hydrogens (tertiary/aromatic N) is 2. The first-order chi connectivity index (χ1) is 11.6. The molecule has 2 aromatic rings. The van der Waals surface area contributed by atoms with E-state index in [-0.39, 0.29) is 6.61 Å². The van der Waals surface area contributed by atoms with E-state index in [1.165, 1.54) is 47.9 Å². The monoisotopic (exact) mass is 327 g/mol. The van der Waals surface area contributed by atoms with Crippen LogP contribution in [0.1, 0.15) is 59.4 Å². The highest BCUT2D eigenvalue weighted by molar-refractivity contribution is 5.35. The van der Waals surface area contributed by atoms with Gasteiger partial charge in [0, 0.05) is 23.8 Å². The maximum Gasteiger partial charge on any atom is 0.0644 e. The van der Waals surface area contributed by atoms with Gasteiger partial charge in [0.25, 0.3) is 0 Å². The summed E-state index contributed by atoms with van der Waals surface area (Å²) in [5.74, 6) is 0. The molecule has 0 bridgehead atoms. The molecule has 0 radical (unpaired) electrons. The van der Waals surface area contributed by atoms with Crippen molar-refractivity contribution < 1.29 is 5.11 Å². The zero-order valence-electron chi connectivity index (χ0n) is 15.1. The first-order valence-electron chi connectivity index (χ1n) is 9.09. The van der Waals surface area contributed by atoms with Crippen molar-refractivity contribution in [3.63, 3.8) is 0 Å². The van der Waals surface area contributed by atoms with E-state index in [1.807, 2.05) is 11.6 Å². The minimum Gasteiger partial charge on any atom is -0.394 e. The number of aryl methyl sites for hydroxylation is 3. The largest absolute Gasteiger partial charge is 0.394 e. The van der Waals surface area contributed by atoms with Gasteiger partial charge in [0.2, 0.25) is 0 Å². The molecule has 1 aromatic carbocycles. The molecule has 0 saturated heterocycles. The summed E-state index contributed by atoms with van der Waals surface area (Å²) in [6.45, 7) is 7.85. The maximum absolute atomic E-state index is 9.13. The van der Waals surface area contributed by atoms with Crippen molar-refractivity contribution in [3.05, 3.63) is 51.8 Å². The number of hydrogen-bond acceptors (Lipinski definition) is 3. The van der Waals surface area contributed by atoms with Crippen molar-refractivity contribution in [2.24, 2.45) is 0 Å². The van der Waals surface area contributed by atoms with Gasteiger partial charge in [0.15, 0.2) is 0 Å². The van der Waals surface area contributed by atoms with Crippen LogP contribution in [0.2, 0.25) is 0 Å². The van der Waals surface area contributed by atoms with Gasteiger partial charge in [-0.25, -0.2) is 0 Å². The van der Waals surface area contributed by atoms with Crippen molar-refractivity contribution >= 4 is 0 Å². The summed E-state index contributed by atoms with van der Waals surface area (Å²) < 4.78 is 1.90. The number of nitrogens with one attached hydrogen (secondary N) is 1. The summed E-state index contributed by atoms with van der Waals surface area (Å²) in [4.78, 5) is 0. The molecule has 0 aliphatic heterocycles. The van der Waals surface area contributed by atoms with Gasteiger partial charge >= 0.3 is 0 Å². The number of benzene rings is 1. The van der Waals surface area contributed by atoms with Gasteiger partial charge in [-0.1, -0.05) is 18.2 Å². The van der Waals surface area contributed by atoms with Gasteiger partial charge in [-0.15, -0.1) is 0 Å². The minimum atomic E-state index is 0.125. The van der Waals surface area contributed by atoms with Crippen molar-refractivity contribution in [1.82, 2.24) is 15.1 Å². The van der Waals surface area contributed by atoms with Gasteiger partial charge in [0.1, 0.15) is 0 Å². The topological polar surface area (TPSA) is 50.1 Å². The van der Waals surface area contributed by atoms with E-state index in [9.17, 15) is 0 Å². The second-order valence-corrected chi connectivity index (χ2v) is 6.93. The van der Waals surface area contributed by atoms with Crippen LogP contribution in [0.25, 0.3) is 0 Å². The number of aliphatic hydroxyl groups excluding tert-OH is 1. The molecule has 1 heterocycles. The number of aromatic nitrogens is 2. The average molecular weight is 327 g/mol. The Bertz CT molecular complexity index is 705. The summed E-state index contributed by atoms with van der Waals surface area (Å²) in [6.07, 6.45) is 5.11. The fourth-order valence-electron chi connectivity index (χ4n) is 3.70. The predicted molar refractivity (Wildman–Crippen MR) is 97.1 cm³/mol. The predicted octanol–water partition coefficient (Wildman–Crippen LogP) is 3.22. The molecule has 0 amide bonds. The Hall–Kier alpha value is -1.65. The zero-order chi connectivity index (χ0) is 17.1. The van der Waals surface area contributed by atoms with E-state index >= 15 is 0 Å². The quantitative estimate of drug-likeness (QED) is 0.856. The first kappa shape index (κ1) is 17.2. The van der Waals surface area contributed by atoms with E-state index in [4.69, 9.17) is 5.11 Å². The van der Waals surface area contributed by atoms with E-state index in [0.717, 1.165) is 17.9 Å². The van der Waals surface area contributed by atoms with Crippen LogP contribution >= 0.6 is 0 Å². The SMILES string of the molecule is Cc1nn(CCO)c(C)c1CN[C@@H](C)c1ccc2c(c1)CCCC2. The van der Waals surface area contributed by atoms with Gasteiger partial charge in [-0.05, 0) is 63.1 Å². The molecule has 1 aliphatic carbocycles. The van der Waals surface area contributed by atoms with Crippen LogP contribution in [0, 0.1) is 13.8 Å². The standard InChI is InChI=1S/C20H29N3O/c1-14(18-9-8-17-6-4-5-7-19(17)12-18)21-13-20-15(2)22-23(10-11-24)16(20)3/h8-9,12,14,21,24H,4-7,10-11,13H2,1-3H3/t14-/m0/s1. The lowest BCUT2D eigenvalue weighted by Gasteiger charge is -2.20. The molecule has 4 heteroatoms. The molecule has 24 heavy (non-hydrogen) atoms. The highest BCUT2D eigenvalue weighted by atomic mass is 16.3. The summed E-state index contributed by atoms with van der Waals surface area (Å²) in [5, 5.41) is 17.3. The number of rotatable bonds is 6. The first-order valence-corrected chi connectivity index (χ1v) is 9.09. The van der Waals surface area contributed by atoms with Crippen molar-refractivity contribution in [1.29, 1.82) is 0 Å². The highest BCUT2D eigenvalue weighted by Crippen LogP contribution is 2.25. The van der Waals surface area contributed by atoms with Crippen molar-refractivity contribution in [2.75, 3.05) is 6.61 Å². The Labute approximate surface area is 144 Å². The van der Waals surface area contributed by atoms with Gasteiger partial charge in [-0.2, -0.15) is 5.10 Å². The molecule has 4 nitrogen and oxygen atoms in total. The molecule has 130 valence electrons. The van der Waals surface area contributed by atoms with Crippen LogP contribution in [0.3, 0.4) is 0 Å². The third kappa shape index (κ3) is 3.55. The lowest BCUT2D eigenvalue weighted by atomic mass is 9.89. The van der Waals surface area contributed by atoms with Crippen LogP contribution in [0.15, 0.2) is 18.2 Å². The van der Waals surface area contributed by atoms with Gasteiger partial charge in [0.05, 0.1) is 18.8 Å². The third-order valence-electron chi connectivity index (χ3n) is 5.30. The van der Waals surface area contributed by atoms with Crippen LogP contribution in [0.5, 0.6) is 0 Å².